The van der Waals surface area contributed by atoms with Gasteiger partial charge in [-0.3, -0.25) is 9.59 Å². The van der Waals surface area contributed by atoms with E-state index in [9.17, 15) is 9.59 Å². The Morgan fingerprint density at radius 1 is 0.816 bits per heavy atom. The summed E-state index contributed by atoms with van der Waals surface area (Å²) in [5, 5.41) is 10.4. The van der Waals surface area contributed by atoms with Gasteiger partial charge in [0, 0.05) is 13.1 Å². The molecule has 1 aliphatic rings. The van der Waals surface area contributed by atoms with E-state index in [4.69, 9.17) is 4.74 Å². The van der Waals surface area contributed by atoms with Gasteiger partial charge in [0.25, 0.3) is 0 Å². The summed E-state index contributed by atoms with van der Waals surface area (Å²) in [5.41, 5.74) is -0.920. The molecule has 0 heterocycles. The van der Waals surface area contributed by atoms with Crippen molar-refractivity contribution in [3.63, 3.8) is 0 Å². The highest BCUT2D eigenvalue weighted by Crippen LogP contribution is 2.55. The molecule has 1 aliphatic carbocycles. The minimum Gasteiger partial charge on any atom is -0.459 e. The zero-order valence-corrected chi connectivity index (χ0v) is 23.7. The van der Waals surface area contributed by atoms with E-state index in [1.165, 1.54) is 15.9 Å². The predicted octanol–water partition coefficient (Wildman–Crippen LogP) is 4.20. The molecule has 200 valence electrons. The fraction of sp³-hybridized carbons (Fsp3) is 0.375. The predicted molar refractivity (Wildman–Crippen MR) is 158 cm³/mol. The average molecular weight is 532 g/mol. The summed E-state index contributed by atoms with van der Waals surface area (Å²) >= 11 is 0. The Bertz CT molecular complexity index is 1090. The van der Waals surface area contributed by atoms with Crippen LogP contribution in [0.5, 0.6) is 0 Å². The van der Waals surface area contributed by atoms with Crippen molar-refractivity contribution in [2.75, 3.05) is 25.8 Å². The molecule has 38 heavy (non-hydrogen) atoms. The Labute approximate surface area is 227 Å². The quantitative estimate of drug-likeness (QED) is 0.209. The van der Waals surface area contributed by atoms with Gasteiger partial charge in [-0.15, -0.1) is 0 Å². The van der Waals surface area contributed by atoms with E-state index in [1.54, 1.807) is 0 Å². The molecule has 6 heteroatoms. The molecule has 1 amide bonds. The summed E-state index contributed by atoms with van der Waals surface area (Å²) in [7, 11) is -1.90. The largest absolute Gasteiger partial charge is 0.459 e. The number of rotatable bonds is 12. The van der Waals surface area contributed by atoms with Crippen LogP contribution in [0.3, 0.4) is 0 Å². The van der Waals surface area contributed by atoms with Gasteiger partial charge in [-0.1, -0.05) is 54.6 Å². The molecule has 0 saturated heterocycles. The summed E-state index contributed by atoms with van der Waals surface area (Å²) in [6.45, 7) is 6.79. The maximum absolute atomic E-state index is 13.1. The van der Waals surface area contributed by atoms with Gasteiger partial charge in [-0.05, 0) is 76.4 Å². The first kappa shape index (κ1) is 28.0. The summed E-state index contributed by atoms with van der Waals surface area (Å²) in [5.74, 6) is -0.214. The van der Waals surface area contributed by atoms with Gasteiger partial charge in [0.05, 0.1) is 18.1 Å². The number of ether oxygens (including phenoxy) is 1. The van der Waals surface area contributed by atoms with Crippen molar-refractivity contribution in [3.05, 3.63) is 91.0 Å². The Balaban J connectivity index is 1.41. The van der Waals surface area contributed by atoms with Crippen LogP contribution >= 0.6 is 7.26 Å². The highest BCUT2D eigenvalue weighted by atomic mass is 31.2. The second-order valence-corrected chi connectivity index (χ2v) is 14.7. The molecule has 3 aromatic rings. The third kappa shape index (κ3) is 6.89. The highest BCUT2D eigenvalue weighted by Gasteiger charge is 2.49. The number of hydrogen-bond donors (Lipinski definition) is 2. The van der Waals surface area contributed by atoms with Crippen LogP contribution in [0, 0.1) is 5.41 Å². The minimum atomic E-state index is -1.90. The first-order valence-corrected chi connectivity index (χ1v) is 15.5. The molecular weight excluding hydrogens is 491 g/mol. The van der Waals surface area contributed by atoms with Crippen molar-refractivity contribution in [2.24, 2.45) is 5.41 Å². The van der Waals surface area contributed by atoms with Crippen molar-refractivity contribution in [1.29, 1.82) is 0 Å². The molecule has 0 aromatic heterocycles. The van der Waals surface area contributed by atoms with E-state index in [-0.39, 0.29) is 18.4 Å². The smallest absolute Gasteiger partial charge is 0.320 e. The highest BCUT2D eigenvalue weighted by molar-refractivity contribution is 7.95. The molecule has 2 N–H and O–H groups in total. The van der Waals surface area contributed by atoms with Crippen LogP contribution in [0.1, 0.15) is 40.0 Å². The van der Waals surface area contributed by atoms with Crippen LogP contribution < -0.4 is 26.5 Å². The third-order valence-electron chi connectivity index (χ3n) is 7.03. The lowest BCUT2D eigenvalue weighted by molar-refractivity contribution is -0.153. The van der Waals surface area contributed by atoms with E-state index in [2.05, 4.69) is 102 Å². The molecule has 0 bridgehead atoms. The molecule has 0 radical (unpaired) electrons. The molecule has 5 nitrogen and oxygen atoms in total. The Morgan fingerprint density at radius 2 is 1.29 bits per heavy atom. The number of hydrogen-bond acceptors (Lipinski definition) is 4. The fourth-order valence-electron chi connectivity index (χ4n) is 5.00. The number of amides is 1. The number of carbonyl (C=O) groups excluding carboxylic acids is 2. The molecular formula is C32H40N2O3P+. The first-order valence-electron chi connectivity index (χ1n) is 13.5. The summed E-state index contributed by atoms with van der Waals surface area (Å²) < 4.78 is 5.36. The van der Waals surface area contributed by atoms with Gasteiger partial charge in [0.15, 0.2) is 0 Å². The zero-order valence-electron chi connectivity index (χ0n) is 22.8. The molecule has 1 fully saturated rings. The Morgan fingerprint density at radius 3 is 1.71 bits per heavy atom. The van der Waals surface area contributed by atoms with E-state index >= 15 is 0 Å². The molecule has 4 rings (SSSR count). The lowest BCUT2D eigenvalue weighted by Gasteiger charge is -2.28. The fourth-order valence-corrected chi connectivity index (χ4v) is 9.35. The van der Waals surface area contributed by atoms with Gasteiger partial charge < -0.3 is 15.4 Å². The standard InChI is InChI=1S/C32H39N2O3P/c1-31(2,3)37-29(35)24-33-25-32(20-21-32)30(36)34-22-13-23-38(26-14-7-4-8-15-26,27-16-9-5-10-17-27)28-18-11-6-12-19-28/h4-12,14-19,33H,13,20-25H2,1-3H3/p+1. The normalized spacial score (nSPS) is 14.5. The van der Waals surface area contributed by atoms with E-state index in [1.807, 2.05) is 20.8 Å². The lowest BCUT2D eigenvalue weighted by Crippen LogP contribution is -2.41. The van der Waals surface area contributed by atoms with E-state index < -0.39 is 18.3 Å². The average Bonchev–Trinajstić information content (AvgIpc) is 3.70. The van der Waals surface area contributed by atoms with Crippen molar-refractivity contribution < 1.29 is 14.3 Å². The molecule has 3 aromatic carbocycles. The number of esters is 1. The maximum atomic E-state index is 13.1. The number of nitrogens with one attached hydrogen (secondary N) is 2. The summed E-state index contributed by atoms with van der Waals surface area (Å²) in [6, 6.07) is 32.5. The minimum absolute atomic E-state index is 0.0808. The summed E-state index contributed by atoms with van der Waals surface area (Å²) in [4.78, 5) is 25.1. The van der Waals surface area contributed by atoms with Gasteiger partial charge in [-0.2, -0.15) is 0 Å². The van der Waals surface area contributed by atoms with Crippen LogP contribution in [0.15, 0.2) is 91.0 Å². The lowest BCUT2D eigenvalue weighted by atomic mass is 10.1. The summed E-state index contributed by atoms with van der Waals surface area (Å²) in [6.07, 6.45) is 3.53. The van der Waals surface area contributed by atoms with Gasteiger partial charge in [0.1, 0.15) is 28.8 Å². The number of benzene rings is 3. The first-order chi connectivity index (χ1) is 18.3. The van der Waals surface area contributed by atoms with Crippen LogP contribution in [-0.2, 0) is 14.3 Å². The SMILES string of the molecule is CC(C)(C)OC(=O)CNCC1(C(=O)NCCC[P+](c2ccccc2)(c2ccccc2)c2ccccc2)CC1. The van der Waals surface area contributed by atoms with E-state index in [0.29, 0.717) is 13.1 Å². The van der Waals surface area contributed by atoms with Crippen LogP contribution in [0.2, 0.25) is 0 Å². The Hall–Kier alpha value is -3.01. The monoisotopic (exact) mass is 531 g/mol. The van der Waals surface area contributed by atoms with Gasteiger partial charge in [0.2, 0.25) is 5.91 Å². The van der Waals surface area contributed by atoms with E-state index in [0.717, 1.165) is 25.4 Å². The van der Waals surface area contributed by atoms with Crippen molar-refractivity contribution in [3.8, 4) is 0 Å². The topological polar surface area (TPSA) is 67.4 Å². The van der Waals surface area contributed by atoms with Crippen molar-refractivity contribution >= 4 is 35.1 Å². The molecule has 0 spiro atoms. The molecule has 0 atom stereocenters. The number of carbonyl (C=O) groups is 2. The van der Waals surface area contributed by atoms with Gasteiger partial charge >= 0.3 is 5.97 Å². The van der Waals surface area contributed by atoms with Crippen LogP contribution in [-0.4, -0.2) is 43.3 Å². The van der Waals surface area contributed by atoms with Crippen molar-refractivity contribution in [1.82, 2.24) is 10.6 Å². The van der Waals surface area contributed by atoms with Crippen LogP contribution in [0.4, 0.5) is 0 Å². The zero-order chi connectivity index (χ0) is 27.1. The maximum Gasteiger partial charge on any atom is 0.320 e. The Kier molecular flexibility index (Phi) is 9.02. The van der Waals surface area contributed by atoms with Gasteiger partial charge in [-0.25, -0.2) is 0 Å². The second-order valence-electron chi connectivity index (χ2n) is 11.1. The second kappa shape index (κ2) is 12.2. The molecule has 1 saturated carbocycles. The van der Waals surface area contributed by atoms with Crippen molar-refractivity contribution in [2.45, 2.75) is 45.6 Å². The van der Waals surface area contributed by atoms with Crippen LogP contribution in [0.25, 0.3) is 0 Å². The third-order valence-corrected chi connectivity index (χ3v) is 11.6. The molecule has 0 unspecified atom stereocenters. The molecule has 0 aliphatic heterocycles.